The van der Waals surface area contributed by atoms with Gasteiger partial charge in [0, 0.05) is 24.4 Å². The molecule has 2 heteroatoms. The van der Waals surface area contributed by atoms with Crippen LogP contribution in [0.2, 0.25) is 0 Å². The highest BCUT2D eigenvalue weighted by Gasteiger charge is 2.15. The Morgan fingerprint density at radius 3 is 1.57 bits per heavy atom. The van der Waals surface area contributed by atoms with Crippen LogP contribution in [0.1, 0.15) is 167 Å². The summed E-state index contributed by atoms with van der Waals surface area (Å²) < 4.78 is 2.42. The highest BCUT2D eigenvalue weighted by molar-refractivity contribution is 5.00. The smallest absolute Gasteiger partial charge is 0.111 e. The normalized spacial score (nSPS) is 13.6. The molecular formula is C28H54N2. The third-order valence-corrected chi connectivity index (χ3v) is 6.81. The van der Waals surface area contributed by atoms with Crippen molar-refractivity contribution < 1.29 is 0 Å². The Kier molecular flexibility index (Phi) is 17.2. The molecule has 30 heavy (non-hydrogen) atoms. The second-order valence-electron chi connectivity index (χ2n) is 9.82. The van der Waals surface area contributed by atoms with Gasteiger partial charge in [-0.2, -0.15) is 0 Å². The Hall–Kier alpha value is -0.790. The number of imidazole rings is 1. The lowest BCUT2D eigenvalue weighted by Gasteiger charge is -2.19. The van der Waals surface area contributed by atoms with Crippen LogP contribution in [-0.4, -0.2) is 9.55 Å². The summed E-state index contributed by atoms with van der Waals surface area (Å²) in [4.78, 5) is 4.67. The van der Waals surface area contributed by atoms with Crippen LogP contribution in [-0.2, 0) is 0 Å². The van der Waals surface area contributed by atoms with Gasteiger partial charge in [-0.25, -0.2) is 4.98 Å². The summed E-state index contributed by atoms with van der Waals surface area (Å²) in [5.41, 5.74) is 0. The Morgan fingerprint density at radius 1 is 0.633 bits per heavy atom. The van der Waals surface area contributed by atoms with Crippen molar-refractivity contribution >= 4 is 0 Å². The molecule has 0 spiro atoms. The molecule has 1 aromatic heterocycles. The quantitative estimate of drug-likeness (QED) is 0.182. The van der Waals surface area contributed by atoms with Crippen LogP contribution in [0.4, 0.5) is 0 Å². The molecule has 0 aliphatic heterocycles. The maximum Gasteiger partial charge on any atom is 0.111 e. The molecule has 0 radical (unpaired) electrons. The third-order valence-electron chi connectivity index (χ3n) is 6.81. The van der Waals surface area contributed by atoms with Crippen LogP contribution in [0.5, 0.6) is 0 Å². The van der Waals surface area contributed by atoms with Gasteiger partial charge < -0.3 is 4.57 Å². The predicted octanol–water partition coefficient (Wildman–Crippen LogP) is 10.00. The summed E-state index contributed by atoms with van der Waals surface area (Å²) >= 11 is 0. The highest BCUT2D eigenvalue weighted by Crippen LogP contribution is 2.25. The number of aromatic nitrogens is 2. The van der Waals surface area contributed by atoms with Gasteiger partial charge in [0.1, 0.15) is 5.82 Å². The van der Waals surface area contributed by atoms with Crippen molar-refractivity contribution in [3.63, 3.8) is 0 Å². The van der Waals surface area contributed by atoms with Crippen molar-refractivity contribution in [2.24, 2.45) is 0 Å². The van der Waals surface area contributed by atoms with Crippen LogP contribution in [0.3, 0.4) is 0 Å². The number of hydrogen-bond donors (Lipinski definition) is 0. The molecule has 0 aliphatic rings. The summed E-state index contributed by atoms with van der Waals surface area (Å²) in [6.45, 7) is 9.26. The molecule has 1 heterocycles. The van der Waals surface area contributed by atoms with Crippen molar-refractivity contribution in [2.75, 3.05) is 0 Å². The zero-order chi connectivity index (χ0) is 21.9. The number of rotatable bonds is 21. The molecule has 2 nitrogen and oxygen atoms in total. The molecule has 1 rings (SSSR count). The van der Waals surface area contributed by atoms with Crippen LogP contribution >= 0.6 is 0 Å². The molecule has 0 saturated carbocycles. The summed E-state index contributed by atoms with van der Waals surface area (Å²) in [5, 5.41) is 0. The second-order valence-corrected chi connectivity index (χ2v) is 9.82. The summed E-state index contributed by atoms with van der Waals surface area (Å²) in [5.74, 6) is 1.89. The Balaban J connectivity index is 1.92. The maximum atomic E-state index is 4.67. The van der Waals surface area contributed by atoms with Crippen LogP contribution in [0.15, 0.2) is 12.4 Å². The molecule has 0 saturated heterocycles. The fraction of sp³-hybridized carbons (Fsp3) is 0.893. The largest absolute Gasteiger partial charge is 0.332 e. The molecule has 176 valence electrons. The molecule has 0 fully saturated rings. The van der Waals surface area contributed by atoms with E-state index in [2.05, 4.69) is 43.4 Å². The summed E-state index contributed by atoms with van der Waals surface area (Å²) in [6.07, 6.45) is 31.0. The third kappa shape index (κ3) is 12.8. The van der Waals surface area contributed by atoms with Crippen LogP contribution < -0.4 is 0 Å². The van der Waals surface area contributed by atoms with Gasteiger partial charge in [-0.05, 0) is 19.8 Å². The first kappa shape index (κ1) is 27.2. The molecule has 1 aromatic rings. The van der Waals surface area contributed by atoms with Gasteiger partial charge in [-0.15, -0.1) is 0 Å². The summed E-state index contributed by atoms with van der Waals surface area (Å²) in [6, 6.07) is 0.584. The lowest BCUT2D eigenvalue weighted by atomic mass is 10.00. The van der Waals surface area contributed by atoms with E-state index >= 15 is 0 Å². The number of unbranched alkanes of at least 4 members (excludes halogenated alkanes) is 15. The fourth-order valence-corrected chi connectivity index (χ4v) is 4.76. The van der Waals surface area contributed by atoms with Gasteiger partial charge in [0.05, 0.1) is 0 Å². The fourth-order valence-electron chi connectivity index (χ4n) is 4.76. The molecular weight excluding hydrogens is 364 g/mol. The minimum Gasteiger partial charge on any atom is -0.332 e. The predicted molar refractivity (Wildman–Crippen MR) is 134 cm³/mol. The summed E-state index contributed by atoms with van der Waals surface area (Å²) in [7, 11) is 0. The first-order valence-corrected chi connectivity index (χ1v) is 13.7. The molecule has 0 amide bonds. The van der Waals surface area contributed by atoms with Crippen LogP contribution in [0.25, 0.3) is 0 Å². The Labute approximate surface area is 189 Å². The van der Waals surface area contributed by atoms with Gasteiger partial charge in [0.2, 0.25) is 0 Å². The van der Waals surface area contributed by atoms with Crippen molar-refractivity contribution in [1.82, 2.24) is 9.55 Å². The van der Waals surface area contributed by atoms with E-state index in [1.54, 1.807) is 0 Å². The maximum absolute atomic E-state index is 4.67. The van der Waals surface area contributed by atoms with E-state index in [1.165, 1.54) is 128 Å². The zero-order valence-corrected chi connectivity index (χ0v) is 21.1. The van der Waals surface area contributed by atoms with Gasteiger partial charge in [-0.1, -0.05) is 130 Å². The number of hydrogen-bond acceptors (Lipinski definition) is 1. The first-order valence-electron chi connectivity index (χ1n) is 13.7. The number of nitrogens with zero attached hydrogens (tertiary/aromatic N) is 2. The molecule has 0 aromatic carbocycles. The monoisotopic (exact) mass is 418 g/mol. The van der Waals surface area contributed by atoms with E-state index in [9.17, 15) is 0 Å². The lowest BCUT2D eigenvalue weighted by Crippen LogP contribution is -2.11. The van der Waals surface area contributed by atoms with Gasteiger partial charge >= 0.3 is 0 Å². The van der Waals surface area contributed by atoms with Gasteiger partial charge in [-0.3, -0.25) is 0 Å². The van der Waals surface area contributed by atoms with Crippen molar-refractivity contribution in [3.05, 3.63) is 18.2 Å². The highest BCUT2D eigenvalue weighted by atomic mass is 15.1. The molecule has 2 unspecified atom stereocenters. The molecule has 0 N–H and O–H groups in total. The standard InChI is InChI=1S/C28H54N2/c1-5-7-8-9-10-11-12-13-14-15-16-17-18-19-20-21-23-26(3)28-29-24-25-30(28)27(4)22-6-2/h24-27H,5-23H2,1-4H3. The van der Waals surface area contributed by atoms with Crippen molar-refractivity contribution in [1.29, 1.82) is 0 Å². The van der Waals surface area contributed by atoms with E-state index in [-0.39, 0.29) is 0 Å². The minimum atomic E-state index is 0.584. The zero-order valence-electron chi connectivity index (χ0n) is 21.1. The SMILES string of the molecule is CCCCCCCCCCCCCCCCCCC(C)c1nccn1C(C)CCC. The van der Waals surface area contributed by atoms with Crippen molar-refractivity contribution in [3.8, 4) is 0 Å². The lowest BCUT2D eigenvalue weighted by molar-refractivity contribution is 0.454. The Morgan fingerprint density at radius 2 is 1.10 bits per heavy atom. The second kappa shape index (κ2) is 18.9. The van der Waals surface area contributed by atoms with Crippen molar-refractivity contribution in [2.45, 2.75) is 162 Å². The molecule has 0 bridgehead atoms. The average Bonchev–Trinajstić information content (AvgIpc) is 3.23. The van der Waals surface area contributed by atoms with E-state index in [4.69, 9.17) is 0 Å². The minimum absolute atomic E-state index is 0.584. The van der Waals surface area contributed by atoms with E-state index in [0.717, 1.165) is 0 Å². The van der Waals surface area contributed by atoms with Gasteiger partial charge in [0.15, 0.2) is 0 Å². The van der Waals surface area contributed by atoms with Crippen LogP contribution in [0, 0.1) is 0 Å². The van der Waals surface area contributed by atoms with E-state index < -0.39 is 0 Å². The topological polar surface area (TPSA) is 17.8 Å². The Bertz CT molecular complexity index is 479. The van der Waals surface area contributed by atoms with E-state index in [0.29, 0.717) is 12.0 Å². The molecule has 0 aliphatic carbocycles. The average molecular weight is 419 g/mol. The van der Waals surface area contributed by atoms with E-state index in [1.807, 2.05) is 6.20 Å². The first-order chi connectivity index (χ1) is 14.7. The van der Waals surface area contributed by atoms with Gasteiger partial charge in [0.25, 0.3) is 0 Å². The molecule has 2 atom stereocenters.